The minimum absolute atomic E-state index is 0.0261. The van der Waals surface area contributed by atoms with E-state index in [9.17, 15) is 9.18 Å². The Morgan fingerprint density at radius 1 is 1.53 bits per heavy atom. The highest BCUT2D eigenvalue weighted by molar-refractivity contribution is 9.10. The number of carbonyl (C=O) groups excluding carboxylic acids is 1. The molecule has 0 bridgehead atoms. The summed E-state index contributed by atoms with van der Waals surface area (Å²) in [5.74, 6) is -0.158. The summed E-state index contributed by atoms with van der Waals surface area (Å²) < 4.78 is 13.4. The Labute approximate surface area is 108 Å². The molecular formula is C12H14BrFN2O. The Bertz CT molecular complexity index is 442. The van der Waals surface area contributed by atoms with E-state index in [1.165, 1.54) is 18.2 Å². The third-order valence-electron chi connectivity index (χ3n) is 3.12. The molecule has 2 N–H and O–H groups in total. The molecule has 3 nitrogen and oxygen atoms in total. The van der Waals surface area contributed by atoms with Crippen LogP contribution in [0.25, 0.3) is 0 Å². The van der Waals surface area contributed by atoms with Crippen LogP contribution in [-0.2, 0) is 0 Å². The minimum atomic E-state index is -0.361. The van der Waals surface area contributed by atoms with E-state index in [0.717, 1.165) is 0 Å². The van der Waals surface area contributed by atoms with E-state index >= 15 is 0 Å². The third kappa shape index (κ3) is 2.50. The molecule has 1 amide bonds. The number of rotatable bonds is 1. The average molecular weight is 301 g/mol. The number of carbonyl (C=O) groups is 1. The highest BCUT2D eigenvalue weighted by atomic mass is 79.9. The van der Waals surface area contributed by atoms with Crippen LogP contribution in [0.15, 0.2) is 22.7 Å². The number of benzene rings is 1. The zero-order chi connectivity index (χ0) is 12.6. The molecule has 2 atom stereocenters. The fourth-order valence-corrected chi connectivity index (χ4v) is 2.51. The largest absolute Gasteiger partial charge is 0.337 e. The van der Waals surface area contributed by atoms with Crippen molar-refractivity contribution in [1.29, 1.82) is 0 Å². The highest BCUT2D eigenvalue weighted by Gasteiger charge is 2.30. The number of hydrogen-bond acceptors (Lipinski definition) is 2. The molecule has 1 aromatic carbocycles. The van der Waals surface area contributed by atoms with Gasteiger partial charge in [0.1, 0.15) is 5.82 Å². The van der Waals surface area contributed by atoms with Crippen molar-refractivity contribution in [3.05, 3.63) is 34.1 Å². The number of halogens is 2. The SMILES string of the molecule is CC1CN(C(=O)c2ccc(F)cc2Br)CC1N. The quantitative estimate of drug-likeness (QED) is 0.862. The molecular weight excluding hydrogens is 287 g/mol. The van der Waals surface area contributed by atoms with Gasteiger partial charge in [0.05, 0.1) is 5.56 Å². The lowest BCUT2D eigenvalue weighted by Gasteiger charge is -2.16. The van der Waals surface area contributed by atoms with E-state index in [4.69, 9.17) is 5.73 Å². The predicted octanol–water partition coefficient (Wildman–Crippen LogP) is 2.01. The van der Waals surface area contributed by atoms with Crippen molar-refractivity contribution in [3.8, 4) is 0 Å². The van der Waals surface area contributed by atoms with Crippen molar-refractivity contribution in [3.63, 3.8) is 0 Å². The smallest absolute Gasteiger partial charge is 0.255 e. The van der Waals surface area contributed by atoms with Gasteiger partial charge in [-0.15, -0.1) is 0 Å². The van der Waals surface area contributed by atoms with Crippen LogP contribution in [0, 0.1) is 11.7 Å². The maximum absolute atomic E-state index is 12.9. The number of amides is 1. The summed E-state index contributed by atoms with van der Waals surface area (Å²) in [5.41, 5.74) is 6.36. The van der Waals surface area contributed by atoms with Gasteiger partial charge < -0.3 is 10.6 Å². The van der Waals surface area contributed by atoms with E-state index < -0.39 is 0 Å². The molecule has 1 aliphatic rings. The summed E-state index contributed by atoms with van der Waals surface area (Å²) in [5, 5.41) is 0. The Hall–Kier alpha value is -0.940. The minimum Gasteiger partial charge on any atom is -0.337 e. The van der Waals surface area contributed by atoms with Gasteiger partial charge in [-0.1, -0.05) is 6.92 Å². The van der Waals surface area contributed by atoms with Crippen molar-refractivity contribution >= 4 is 21.8 Å². The first kappa shape index (κ1) is 12.5. The number of likely N-dealkylation sites (tertiary alicyclic amines) is 1. The number of hydrogen-bond donors (Lipinski definition) is 1. The fourth-order valence-electron chi connectivity index (χ4n) is 1.99. The fraction of sp³-hybridized carbons (Fsp3) is 0.417. The van der Waals surface area contributed by atoms with Gasteiger partial charge in [-0.2, -0.15) is 0 Å². The molecule has 0 aliphatic carbocycles. The lowest BCUT2D eigenvalue weighted by atomic mass is 10.1. The zero-order valence-electron chi connectivity index (χ0n) is 9.49. The van der Waals surface area contributed by atoms with Gasteiger partial charge in [0, 0.05) is 23.6 Å². The Morgan fingerprint density at radius 2 is 2.24 bits per heavy atom. The second kappa shape index (κ2) is 4.74. The van der Waals surface area contributed by atoms with Crippen LogP contribution in [0.5, 0.6) is 0 Å². The zero-order valence-corrected chi connectivity index (χ0v) is 11.1. The first-order valence-corrected chi connectivity index (χ1v) is 6.28. The predicted molar refractivity (Wildman–Crippen MR) is 67.1 cm³/mol. The molecule has 17 heavy (non-hydrogen) atoms. The number of nitrogens with zero attached hydrogens (tertiary/aromatic N) is 1. The molecule has 1 aliphatic heterocycles. The second-order valence-corrected chi connectivity index (χ2v) is 5.33. The van der Waals surface area contributed by atoms with Crippen LogP contribution in [-0.4, -0.2) is 29.9 Å². The summed E-state index contributed by atoms with van der Waals surface area (Å²) in [6.07, 6.45) is 0. The summed E-state index contributed by atoms with van der Waals surface area (Å²) in [6, 6.07) is 4.11. The Balaban J connectivity index is 2.20. The van der Waals surface area contributed by atoms with Crippen LogP contribution >= 0.6 is 15.9 Å². The van der Waals surface area contributed by atoms with Crippen molar-refractivity contribution in [1.82, 2.24) is 4.90 Å². The lowest BCUT2D eigenvalue weighted by Crippen LogP contribution is -2.32. The summed E-state index contributed by atoms with van der Waals surface area (Å²) in [6.45, 7) is 3.24. The Morgan fingerprint density at radius 3 is 2.76 bits per heavy atom. The van der Waals surface area contributed by atoms with Crippen LogP contribution in [0.4, 0.5) is 4.39 Å². The van der Waals surface area contributed by atoms with Crippen molar-refractivity contribution in [2.24, 2.45) is 11.7 Å². The monoisotopic (exact) mass is 300 g/mol. The molecule has 0 spiro atoms. The number of nitrogens with two attached hydrogens (primary N) is 1. The molecule has 0 saturated carbocycles. The van der Waals surface area contributed by atoms with E-state index in [1.54, 1.807) is 4.90 Å². The van der Waals surface area contributed by atoms with Gasteiger partial charge in [-0.05, 0) is 40.0 Å². The molecule has 2 unspecified atom stereocenters. The van der Waals surface area contributed by atoms with E-state index in [1.807, 2.05) is 6.92 Å². The third-order valence-corrected chi connectivity index (χ3v) is 3.78. The first-order chi connectivity index (χ1) is 7.99. The van der Waals surface area contributed by atoms with Crippen LogP contribution in [0.3, 0.4) is 0 Å². The van der Waals surface area contributed by atoms with Crippen molar-refractivity contribution in [2.75, 3.05) is 13.1 Å². The maximum Gasteiger partial charge on any atom is 0.255 e. The topological polar surface area (TPSA) is 46.3 Å². The molecule has 0 radical (unpaired) electrons. The highest BCUT2D eigenvalue weighted by Crippen LogP contribution is 2.23. The Kier molecular flexibility index (Phi) is 3.49. The van der Waals surface area contributed by atoms with Crippen LogP contribution in [0.2, 0.25) is 0 Å². The van der Waals surface area contributed by atoms with E-state index in [0.29, 0.717) is 29.0 Å². The normalized spacial score (nSPS) is 24.1. The molecule has 2 rings (SSSR count). The molecule has 1 aromatic rings. The van der Waals surface area contributed by atoms with Gasteiger partial charge in [-0.25, -0.2) is 4.39 Å². The molecule has 1 heterocycles. The van der Waals surface area contributed by atoms with Crippen molar-refractivity contribution in [2.45, 2.75) is 13.0 Å². The molecule has 5 heteroatoms. The maximum atomic E-state index is 12.9. The summed E-state index contributed by atoms with van der Waals surface area (Å²) >= 11 is 3.21. The molecule has 0 aromatic heterocycles. The van der Waals surface area contributed by atoms with Gasteiger partial charge in [-0.3, -0.25) is 4.79 Å². The van der Waals surface area contributed by atoms with E-state index in [-0.39, 0.29) is 17.8 Å². The first-order valence-electron chi connectivity index (χ1n) is 5.49. The molecule has 1 fully saturated rings. The van der Waals surface area contributed by atoms with Gasteiger partial charge in [0.15, 0.2) is 0 Å². The van der Waals surface area contributed by atoms with Crippen molar-refractivity contribution < 1.29 is 9.18 Å². The van der Waals surface area contributed by atoms with Gasteiger partial charge in [0.2, 0.25) is 0 Å². The van der Waals surface area contributed by atoms with E-state index in [2.05, 4.69) is 15.9 Å². The lowest BCUT2D eigenvalue weighted by molar-refractivity contribution is 0.0786. The summed E-state index contributed by atoms with van der Waals surface area (Å²) in [7, 11) is 0. The average Bonchev–Trinajstić information content (AvgIpc) is 2.58. The van der Waals surface area contributed by atoms with Crippen LogP contribution in [0.1, 0.15) is 17.3 Å². The van der Waals surface area contributed by atoms with Crippen LogP contribution < -0.4 is 5.73 Å². The van der Waals surface area contributed by atoms with Gasteiger partial charge >= 0.3 is 0 Å². The van der Waals surface area contributed by atoms with Gasteiger partial charge in [0.25, 0.3) is 5.91 Å². The summed E-state index contributed by atoms with van der Waals surface area (Å²) in [4.78, 5) is 13.9. The second-order valence-electron chi connectivity index (χ2n) is 4.48. The standard InChI is InChI=1S/C12H14BrFN2O/c1-7-5-16(6-11(7)15)12(17)9-3-2-8(14)4-10(9)13/h2-4,7,11H,5-6,15H2,1H3. The molecule has 92 valence electrons. The molecule has 1 saturated heterocycles.